The molecule has 0 saturated heterocycles. The molecule has 0 bridgehead atoms. The molecule has 1 heterocycles. The zero-order valence-electron chi connectivity index (χ0n) is 17.2. The Kier molecular flexibility index (Phi) is 8.35. The molecule has 0 aliphatic heterocycles. The number of carbonyl (C=O) groups excluding carboxylic acids is 3. The van der Waals surface area contributed by atoms with E-state index in [1.165, 1.54) is 11.3 Å². The average Bonchev–Trinajstić information content (AvgIpc) is 3.05. The van der Waals surface area contributed by atoms with Crippen LogP contribution in [-0.2, 0) is 14.3 Å². The molecule has 2 amide bonds. The van der Waals surface area contributed by atoms with Crippen molar-refractivity contribution in [3.63, 3.8) is 0 Å². The second-order valence-corrected chi connectivity index (χ2v) is 7.93. The summed E-state index contributed by atoms with van der Waals surface area (Å²) in [6.45, 7) is 5.86. The molecular weight excluding hydrogens is 390 g/mol. The maximum Gasteiger partial charge on any atom is 0.341 e. The lowest BCUT2D eigenvalue weighted by Crippen LogP contribution is -2.41. The first-order chi connectivity index (χ1) is 13.8. The number of amides is 2. The largest absolute Gasteiger partial charge is 0.462 e. The molecule has 0 atom stereocenters. The SMILES string of the molecule is CCOC(=O)c1cc(-c2ccccc2)sc1NC(=O)CN(C)CC(=O)NC(C)C. The van der Waals surface area contributed by atoms with Gasteiger partial charge in [0, 0.05) is 10.9 Å². The molecule has 0 saturated carbocycles. The summed E-state index contributed by atoms with van der Waals surface area (Å²) >= 11 is 1.31. The summed E-state index contributed by atoms with van der Waals surface area (Å²) in [4.78, 5) is 39.1. The number of nitrogens with one attached hydrogen (secondary N) is 2. The molecule has 0 aliphatic rings. The lowest BCUT2D eigenvalue weighted by Gasteiger charge is -2.17. The Labute approximate surface area is 175 Å². The molecule has 2 rings (SSSR count). The maximum atomic E-state index is 12.5. The van der Waals surface area contributed by atoms with Crippen molar-refractivity contribution in [2.45, 2.75) is 26.8 Å². The Hall–Kier alpha value is -2.71. The molecule has 0 aliphatic carbocycles. The van der Waals surface area contributed by atoms with Gasteiger partial charge in [-0.25, -0.2) is 4.79 Å². The first-order valence-corrected chi connectivity index (χ1v) is 10.3. The van der Waals surface area contributed by atoms with E-state index in [-0.39, 0.29) is 37.6 Å². The van der Waals surface area contributed by atoms with Gasteiger partial charge in [0.05, 0.1) is 25.3 Å². The fourth-order valence-electron chi connectivity index (χ4n) is 2.67. The van der Waals surface area contributed by atoms with E-state index in [1.54, 1.807) is 24.9 Å². The Morgan fingerprint density at radius 2 is 1.76 bits per heavy atom. The molecule has 156 valence electrons. The standard InChI is InChI=1S/C21H27N3O4S/c1-5-28-21(27)16-11-17(15-9-7-6-8-10-15)29-20(16)23-19(26)13-24(4)12-18(25)22-14(2)3/h6-11,14H,5,12-13H2,1-4H3,(H,22,25)(H,23,26). The number of ether oxygens (including phenoxy) is 1. The number of hydrogen-bond donors (Lipinski definition) is 2. The predicted octanol–water partition coefficient (Wildman–Crippen LogP) is 2.99. The fourth-order valence-corrected chi connectivity index (χ4v) is 3.74. The number of rotatable bonds is 9. The number of likely N-dealkylation sites (N-methyl/N-ethyl adjacent to an activating group) is 1. The summed E-state index contributed by atoms with van der Waals surface area (Å²) in [7, 11) is 1.69. The number of anilines is 1. The highest BCUT2D eigenvalue weighted by Crippen LogP contribution is 2.35. The van der Waals surface area contributed by atoms with Crippen molar-refractivity contribution in [1.82, 2.24) is 10.2 Å². The molecule has 1 aromatic heterocycles. The molecule has 2 aromatic rings. The van der Waals surface area contributed by atoms with Crippen LogP contribution in [-0.4, -0.2) is 55.5 Å². The van der Waals surface area contributed by atoms with E-state index in [2.05, 4.69) is 10.6 Å². The van der Waals surface area contributed by atoms with Crippen molar-refractivity contribution in [3.8, 4) is 10.4 Å². The number of benzene rings is 1. The van der Waals surface area contributed by atoms with Crippen molar-refractivity contribution in [2.75, 3.05) is 32.1 Å². The van der Waals surface area contributed by atoms with Crippen LogP contribution < -0.4 is 10.6 Å². The molecule has 1 aromatic carbocycles. The molecule has 2 N–H and O–H groups in total. The highest BCUT2D eigenvalue weighted by atomic mass is 32.1. The van der Waals surface area contributed by atoms with Crippen molar-refractivity contribution < 1.29 is 19.1 Å². The van der Waals surface area contributed by atoms with Crippen molar-refractivity contribution in [1.29, 1.82) is 0 Å². The Balaban J connectivity index is 2.11. The fraction of sp³-hybridized carbons (Fsp3) is 0.381. The summed E-state index contributed by atoms with van der Waals surface area (Å²) in [5.41, 5.74) is 1.27. The third-order valence-electron chi connectivity index (χ3n) is 3.82. The zero-order valence-corrected chi connectivity index (χ0v) is 18.0. The van der Waals surface area contributed by atoms with Gasteiger partial charge in [0.25, 0.3) is 0 Å². The van der Waals surface area contributed by atoms with Gasteiger partial charge >= 0.3 is 5.97 Å². The highest BCUT2D eigenvalue weighted by Gasteiger charge is 2.20. The highest BCUT2D eigenvalue weighted by molar-refractivity contribution is 7.20. The molecule has 0 spiro atoms. The molecule has 29 heavy (non-hydrogen) atoms. The van der Waals surface area contributed by atoms with Gasteiger partial charge in [-0.3, -0.25) is 14.5 Å². The third kappa shape index (κ3) is 6.99. The summed E-state index contributed by atoms with van der Waals surface area (Å²) in [5, 5.41) is 6.01. The van der Waals surface area contributed by atoms with Gasteiger partial charge in [-0.1, -0.05) is 30.3 Å². The van der Waals surface area contributed by atoms with E-state index in [1.807, 2.05) is 44.2 Å². The summed E-state index contributed by atoms with van der Waals surface area (Å²) in [6.07, 6.45) is 0. The third-order valence-corrected chi connectivity index (χ3v) is 4.91. The monoisotopic (exact) mass is 417 g/mol. The summed E-state index contributed by atoms with van der Waals surface area (Å²) < 4.78 is 5.12. The number of carbonyl (C=O) groups is 3. The van der Waals surface area contributed by atoms with Crippen LogP contribution in [0.5, 0.6) is 0 Å². The minimum absolute atomic E-state index is 0.0202. The second kappa shape index (κ2) is 10.7. The van der Waals surface area contributed by atoms with Crippen LogP contribution in [0.2, 0.25) is 0 Å². The first-order valence-electron chi connectivity index (χ1n) is 9.44. The van der Waals surface area contributed by atoms with Crippen LogP contribution >= 0.6 is 11.3 Å². The Bertz CT molecular complexity index is 849. The van der Waals surface area contributed by atoms with Crippen LogP contribution in [0.25, 0.3) is 10.4 Å². The average molecular weight is 418 g/mol. The van der Waals surface area contributed by atoms with E-state index in [9.17, 15) is 14.4 Å². The van der Waals surface area contributed by atoms with E-state index in [0.717, 1.165) is 10.4 Å². The van der Waals surface area contributed by atoms with Crippen LogP contribution in [0.4, 0.5) is 5.00 Å². The van der Waals surface area contributed by atoms with Crippen LogP contribution in [0.1, 0.15) is 31.1 Å². The van der Waals surface area contributed by atoms with Gasteiger partial charge < -0.3 is 15.4 Å². The van der Waals surface area contributed by atoms with Crippen LogP contribution in [0, 0.1) is 0 Å². The molecule has 7 nitrogen and oxygen atoms in total. The zero-order chi connectivity index (χ0) is 21.4. The molecule has 0 unspecified atom stereocenters. The van der Waals surface area contributed by atoms with Gasteiger partial charge in [0.2, 0.25) is 11.8 Å². The lowest BCUT2D eigenvalue weighted by molar-refractivity contribution is -0.123. The molecule has 0 fully saturated rings. The predicted molar refractivity (Wildman–Crippen MR) is 115 cm³/mol. The van der Waals surface area contributed by atoms with Crippen molar-refractivity contribution >= 4 is 34.1 Å². The van der Waals surface area contributed by atoms with Gasteiger partial charge in [-0.05, 0) is 39.4 Å². The maximum absolute atomic E-state index is 12.5. The van der Waals surface area contributed by atoms with E-state index in [0.29, 0.717) is 10.6 Å². The van der Waals surface area contributed by atoms with Gasteiger partial charge in [0.15, 0.2) is 0 Å². The molecule has 8 heteroatoms. The Morgan fingerprint density at radius 1 is 1.10 bits per heavy atom. The van der Waals surface area contributed by atoms with Crippen molar-refractivity contribution in [3.05, 3.63) is 42.0 Å². The van der Waals surface area contributed by atoms with Gasteiger partial charge in [-0.2, -0.15) is 0 Å². The topological polar surface area (TPSA) is 87.7 Å². The lowest BCUT2D eigenvalue weighted by atomic mass is 10.1. The Morgan fingerprint density at radius 3 is 2.38 bits per heavy atom. The number of nitrogens with zero attached hydrogens (tertiary/aromatic N) is 1. The van der Waals surface area contributed by atoms with Crippen LogP contribution in [0.15, 0.2) is 36.4 Å². The van der Waals surface area contributed by atoms with E-state index in [4.69, 9.17) is 4.74 Å². The normalized spacial score (nSPS) is 10.8. The van der Waals surface area contributed by atoms with E-state index >= 15 is 0 Å². The number of thiophene rings is 1. The van der Waals surface area contributed by atoms with Crippen LogP contribution in [0.3, 0.4) is 0 Å². The number of hydrogen-bond acceptors (Lipinski definition) is 6. The smallest absolute Gasteiger partial charge is 0.341 e. The first kappa shape index (κ1) is 22.6. The van der Waals surface area contributed by atoms with Gasteiger partial charge in [0.1, 0.15) is 5.00 Å². The minimum Gasteiger partial charge on any atom is -0.462 e. The summed E-state index contributed by atoms with van der Waals surface area (Å²) in [6, 6.07) is 11.4. The van der Waals surface area contributed by atoms with Crippen molar-refractivity contribution in [2.24, 2.45) is 0 Å². The number of esters is 1. The van der Waals surface area contributed by atoms with E-state index < -0.39 is 5.97 Å². The summed E-state index contributed by atoms with van der Waals surface area (Å²) in [5.74, 6) is -0.937. The second-order valence-electron chi connectivity index (χ2n) is 6.88. The quantitative estimate of drug-likeness (QED) is 0.613. The minimum atomic E-state index is -0.481. The molecular formula is C21H27N3O4S. The molecule has 0 radical (unpaired) electrons. The van der Waals surface area contributed by atoms with Gasteiger partial charge in [-0.15, -0.1) is 11.3 Å².